The Kier molecular flexibility index (Phi) is 3.39. The zero-order chi connectivity index (χ0) is 15.2. The van der Waals surface area contributed by atoms with Crippen molar-refractivity contribution in [3.05, 3.63) is 36.2 Å². The molecule has 2 unspecified atom stereocenters. The van der Waals surface area contributed by atoms with E-state index in [1.807, 2.05) is 19.1 Å². The summed E-state index contributed by atoms with van der Waals surface area (Å²) in [5, 5.41) is 0.0495. The lowest BCUT2D eigenvalue weighted by atomic mass is 10.0. The molecule has 2 aromatic rings. The van der Waals surface area contributed by atoms with Gasteiger partial charge in [-0.1, -0.05) is 0 Å². The smallest absolute Gasteiger partial charge is 0.262 e. The lowest BCUT2D eigenvalue weighted by molar-refractivity contribution is 0.428. The molecule has 0 spiro atoms. The van der Waals surface area contributed by atoms with E-state index in [0.717, 1.165) is 11.5 Å². The number of nitrogens with two attached hydrogens (primary N) is 1. The number of hydrogen-bond donors (Lipinski definition) is 1. The SMILES string of the molecule is Cc1ccc(C2CN(S(=O)(=O)c3cn(C)cn3)CC2N)o1. The number of sulfonamides is 1. The first kappa shape index (κ1) is 14.3. The number of hydrogen-bond acceptors (Lipinski definition) is 5. The van der Waals surface area contributed by atoms with E-state index < -0.39 is 10.0 Å². The summed E-state index contributed by atoms with van der Waals surface area (Å²) in [5.41, 5.74) is 6.10. The Bertz CT molecular complexity index is 749. The lowest BCUT2D eigenvalue weighted by Gasteiger charge is -2.13. The summed E-state index contributed by atoms with van der Waals surface area (Å²) in [6.07, 6.45) is 2.96. The number of nitrogens with zero attached hydrogens (tertiary/aromatic N) is 3. The van der Waals surface area contributed by atoms with Gasteiger partial charge in [-0.2, -0.15) is 4.31 Å². The molecule has 1 saturated heterocycles. The Balaban J connectivity index is 1.85. The monoisotopic (exact) mass is 310 g/mol. The minimum absolute atomic E-state index is 0.0495. The van der Waals surface area contributed by atoms with Crippen LogP contribution in [0.5, 0.6) is 0 Å². The van der Waals surface area contributed by atoms with Crippen LogP contribution in [-0.4, -0.2) is 41.4 Å². The molecule has 0 amide bonds. The second-order valence-electron chi connectivity index (χ2n) is 5.42. The molecule has 0 bridgehead atoms. The highest BCUT2D eigenvalue weighted by atomic mass is 32.2. The number of rotatable bonds is 3. The summed E-state index contributed by atoms with van der Waals surface area (Å²) in [4.78, 5) is 3.93. The highest BCUT2D eigenvalue weighted by molar-refractivity contribution is 7.89. The molecule has 1 fully saturated rings. The van der Waals surface area contributed by atoms with E-state index in [1.165, 1.54) is 16.8 Å². The number of furan rings is 1. The first-order valence-electron chi connectivity index (χ1n) is 6.68. The summed E-state index contributed by atoms with van der Waals surface area (Å²) >= 11 is 0. The second kappa shape index (κ2) is 4.97. The third kappa shape index (κ3) is 2.50. The number of aromatic nitrogens is 2. The maximum absolute atomic E-state index is 12.5. The van der Waals surface area contributed by atoms with Gasteiger partial charge >= 0.3 is 0 Å². The maximum atomic E-state index is 12.5. The first-order chi connectivity index (χ1) is 9.88. The minimum atomic E-state index is -3.61. The predicted octanol–water partition coefficient (Wildman–Crippen LogP) is 0.437. The Hall–Kier alpha value is -1.64. The quantitative estimate of drug-likeness (QED) is 0.887. The summed E-state index contributed by atoms with van der Waals surface area (Å²) in [6.45, 7) is 2.43. The average Bonchev–Trinajstić information content (AvgIpc) is 3.10. The van der Waals surface area contributed by atoms with Gasteiger partial charge in [0.05, 0.1) is 6.33 Å². The molecule has 1 aliphatic rings. The van der Waals surface area contributed by atoms with E-state index in [9.17, 15) is 8.42 Å². The van der Waals surface area contributed by atoms with Gasteiger partial charge < -0.3 is 14.7 Å². The van der Waals surface area contributed by atoms with Gasteiger partial charge in [0.25, 0.3) is 10.0 Å². The normalized spacial score (nSPS) is 23.8. The van der Waals surface area contributed by atoms with Gasteiger partial charge in [-0.05, 0) is 19.1 Å². The average molecular weight is 310 g/mol. The Morgan fingerprint density at radius 3 is 2.71 bits per heavy atom. The van der Waals surface area contributed by atoms with Crippen molar-refractivity contribution in [2.45, 2.75) is 23.9 Å². The van der Waals surface area contributed by atoms with Crippen LogP contribution in [0.25, 0.3) is 0 Å². The van der Waals surface area contributed by atoms with Crippen molar-refractivity contribution in [1.82, 2.24) is 13.9 Å². The topological polar surface area (TPSA) is 94.4 Å². The Morgan fingerprint density at radius 1 is 1.38 bits per heavy atom. The first-order valence-corrected chi connectivity index (χ1v) is 8.12. The molecule has 114 valence electrons. The van der Waals surface area contributed by atoms with E-state index in [0.29, 0.717) is 6.54 Å². The van der Waals surface area contributed by atoms with Crippen molar-refractivity contribution >= 4 is 10.0 Å². The van der Waals surface area contributed by atoms with Gasteiger partial charge in [0.1, 0.15) is 11.5 Å². The fourth-order valence-corrected chi connectivity index (χ4v) is 4.07. The van der Waals surface area contributed by atoms with Crippen molar-refractivity contribution < 1.29 is 12.8 Å². The molecular weight excluding hydrogens is 292 g/mol. The van der Waals surface area contributed by atoms with Gasteiger partial charge in [-0.25, -0.2) is 13.4 Å². The molecule has 0 aromatic carbocycles. The number of aryl methyl sites for hydroxylation is 2. The maximum Gasteiger partial charge on any atom is 0.262 e. The van der Waals surface area contributed by atoms with Crippen molar-refractivity contribution in [1.29, 1.82) is 0 Å². The van der Waals surface area contributed by atoms with Gasteiger partial charge in [0, 0.05) is 38.3 Å². The third-order valence-electron chi connectivity index (χ3n) is 3.74. The number of imidazole rings is 1. The van der Waals surface area contributed by atoms with Gasteiger partial charge in [-0.3, -0.25) is 0 Å². The van der Waals surface area contributed by atoms with Crippen LogP contribution in [0.1, 0.15) is 17.4 Å². The molecule has 1 aliphatic heterocycles. The molecule has 0 aliphatic carbocycles. The van der Waals surface area contributed by atoms with Crippen LogP contribution in [0.3, 0.4) is 0 Å². The molecular formula is C13H18N4O3S. The molecule has 0 saturated carbocycles. The van der Waals surface area contributed by atoms with Crippen LogP contribution in [0.2, 0.25) is 0 Å². The van der Waals surface area contributed by atoms with Gasteiger partial charge in [0.2, 0.25) is 0 Å². The van der Waals surface area contributed by atoms with Crippen LogP contribution >= 0.6 is 0 Å². The van der Waals surface area contributed by atoms with Crippen LogP contribution in [-0.2, 0) is 17.1 Å². The van der Waals surface area contributed by atoms with Crippen molar-refractivity contribution in [2.75, 3.05) is 13.1 Å². The predicted molar refractivity (Wildman–Crippen MR) is 76.1 cm³/mol. The molecule has 2 atom stereocenters. The molecule has 7 nitrogen and oxygen atoms in total. The van der Waals surface area contributed by atoms with Gasteiger partial charge in [-0.15, -0.1) is 0 Å². The van der Waals surface area contributed by atoms with E-state index in [1.54, 1.807) is 11.6 Å². The second-order valence-corrected chi connectivity index (χ2v) is 7.30. The Morgan fingerprint density at radius 2 is 2.14 bits per heavy atom. The van der Waals surface area contributed by atoms with Crippen LogP contribution < -0.4 is 5.73 Å². The molecule has 3 heterocycles. The van der Waals surface area contributed by atoms with Gasteiger partial charge in [0.15, 0.2) is 5.03 Å². The highest BCUT2D eigenvalue weighted by Gasteiger charge is 2.40. The van der Waals surface area contributed by atoms with Crippen LogP contribution in [0.4, 0.5) is 0 Å². The van der Waals surface area contributed by atoms with Crippen LogP contribution in [0.15, 0.2) is 34.1 Å². The third-order valence-corrected chi connectivity index (χ3v) is 5.46. The fraction of sp³-hybridized carbons (Fsp3) is 0.462. The largest absolute Gasteiger partial charge is 0.466 e. The van der Waals surface area contributed by atoms with Crippen molar-refractivity contribution in [3.63, 3.8) is 0 Å². The summed E-state index contributed by atoms with van der Waals surface area (Å²) in [7, 11) is -1.87. The molecule has 2 N–H and O–H groups in total. The molecule has 3 rings (SSSR count). The lowest BCUT2D eigenvalue weighted by Crippen LogP contribution is -2.32. The zero-order valence-electron chi connectivity index (χ0n) is 11.9. The molecule has 21 heavy (non-hydrogen) atoms. The van der Waals surface area contributed by atoms with E-state index in [2.05, 4.69) is 4.98 Å². The molecule has 8 heteroatoms. The van der Waals surface area contributed by atoms with E-state index in [4.69, 9.17) is 10.2 Å². The zero-order valence-corrected chi connectivity index (χ0v) is 12.7. The molecule has 2 aromatic heterocycles. The van der Waals surface area contributed by atoms with E-state index in [-0.39, 0.29) is 23.5 Å². The molecule has 0 radical (unpaired) electrons. The Labute approximate surface area is 123 Å². The van der Waals surface area contributed by atoms with E-state index >= 15 is 0 Å². The minimum Gasteiger partial charge on any atom is -0.466 e. The van der Waals surface area contributed by atoms with Crippen LogP contribution in [0, 0.1) is 6.92 Å². The summed E-state index contributed by atoms with van der Waals surface area (Å²) < 4.78 is 33.7. The fourth-order valence-electron chi connectivity index (χ4n) is 2.60. The van der Waals surface area contributed by atoms with Crippen molar-refractivity contribution in [2.24, 2.45) is 12.8 Å². The highest BCUT2D eigenvalue weighted by Crippen LogP contribution is 2.31. The standard InChI is InChI=1S/C13H18N4O3S/c1-9-3-4-12(20-9)10-5-17(6-11(10)14)21(18,19)13-7-16(2)8-15-13/h3-4,7-8,10-11H,5-6,14H2,1-2H3. The summed E-state index contributed by atoms with van der Waals surface area (Å²) in [6, 6.07) is 3.43. The summed E-state index contributed by atoms with van der Waals surface area (Å²) in [5.74, 6) is 1.40. The van der Waals surface area contributed by atoms with Crippen molar-refractivity contribution in [3.8, 4) is 0 Å².